The SMILES string of the molecule is Cc1nc2sccn2c1CN1CCC(n2cc(CCO)nn2)CC1. The fraction of sp³-hybridized carbons (Fsp3) is 0.562. The Morgan fingerprint density at radius 3 is 2.96 bits per heavy atom. The maximum Gasteiger partial charge on any atom is 0.194 e. The monoisotopic (exact) mass is 346 g/mol. The van der Waals surface area contributed by atoms with Crippen LogP contribution in [-0.4, -0.2) is 54.1 Å². The maximum atomic E-state index is 8.99. The second-order valence-corrected chi connectivity index (χ2v) is 7.24. The minimum atomic E-state index is 0.124. The number of rotatable bonds is 5. The Kier molecular flexibility index (Phi) is 4.34. The Labute approximate surface area is 144 Å². The van der Waals surface area contributed by atoms with Crippen LogP contribution in [0.15, 0.2) is 17.8 Å². The lowest BCUT2D eigenvalue weighted by Gasteiger charge is -2.31. The maximum absolute atomic E-state index is 8.99. The molecule has 1 aliphatic rings. The number of aliphatic hydroxyl groups is 1. The Morgan fingerprint density at radius 2 is 2.17 bits per heavy atom. The van der Waals surface area contributed by atoms with Crippen molar-refractivity contribution in [3.63, 3.8) is 0 Å². The molecule has 4 heterocycles. The number of thiazole rings is 1. The van der Waals surface area contributed by atoms with Crippen LogP contribution < -0.4 is 0 Å². The minimum Gasteiger partial charge on any atom is -0.396 e. The summed E-state index contributed by atoms with van der Waals surface area (Å²) < 4.78 is 4.19. The zero-order valence-corrected chi connectivity index (χ0v) is 14.6. The summed E-state index contributed by atoms with van der Waals surface area (Å²) in [5.41, 5.74) is 3.30. The first kappa shape index (κ1) is 15.7. The number of aryl methyl sites for hydroxylation is 1. The van der Waals surface area contributed by atoms with Crippen LogP contribution in [0, 0.1) is 6.92 Å². The van der Waals surface area contributed by atoms with Gasteiger partial charge in [0.2, 0.25) is 0 Å². The first-order valence-electron chi connectivity index (χ1n) is 8.39. The second-order valence-electron chi connectivity index (χ2n) is 6.37. The standard InChI is InChI=1S/C16H22N6OS/c1-12-15(21-7-9-24-16(21)17-12)11-20-5-2-14(3-6-20)22-10-13(4-8-23)18-19-22/h7,9-10,14,23H,2-6,8,11H2,1H3. The van der Waals surface area contributed by atoms with Crippen molar-refractivity contribution in [3.05, 3.63) is 34.9 Å². The molecule has 0 amide bonds. The van der Waals surface area contributed by atoms with Gasteiger partial charge in [-0.3, -0.25) is 9.30 Å². The van der Waals surface area contributed by atoms with Gasteiger partial charge in [0.25, 0.3) is 0 Å². The van der Waals surface area contributed by atoms with E-state index in [1.807, 2.05) is 10.9 Å². The molecule has 128 valence electrons. The number of hydrogen-bond donors (Lipinski definition) is 1. The molecule has 7 nitrogen and oxygen atoms in total. The van der Waals surface area contributed by atoms with Crippen LogP contribution in [0.2, 0.25) is 0 Å². The lowest BCUT2D eigenvalue weighted by Crippen LogP contribution is -2.34. The van der Waals surface area contributed by atoms with Crippen LogP contribution in [0.25, 0.3) is 4.96 Å². The van der Waals surface area contributed by atoms with E-state index in [0.717, 1.165) is 48.8 Å². The highest BCUT2D eigenvalue weighted by molar-refractivity contribution is 7.15. The normalized spacial score (nSPS) is 17.1. The first-order chi connectivity index (χ1) is 11.7. The van der Waals surface area contributed by atoms with Gasteiger partial charge in [0, 0.05) is 50.4 Å². The Hall–Kier alpha value is -1.77. The number of piperidine rings is 1. The van der Waals surface area contributed by atoms with Gasteiger partial charge in [-0.25, -0.2) is 9.67 Å². The molecule has 3 aromatic rings. The van der Waals surface area contributed by atoms with Crippen LogP contribution in [0.1, 0.15) is 36.0 Å². The molecule has 0 saturated carbocycles. The van der Waals surface area contributed by atoms with Crippen molar-refractivity contribution >= 4 is 16.3 Å². The van der Waals surface area contributed by atoms with Gasteiger partial charge in [0.05, 0.1) is 23.1 Å². The quantitative estimate of drug-likeness (QED) is 0.761. The van der Waals surface area contributed by atoms with E-state index in [0.29, 0.717) is 12.5 Å². The zero-order valence-electron chi connectivity index (χ0n) is 13.8. The highest BCUT2D eigenvalue weighted by Crippen LogP contribution is 2.24. The number of imidazole rings is 1. The van der Waals surface area contributed by atoms with Crippen LogP contribution >= 0.6 is 11.3 Å². The summed E-state index contributed by atoms with van der Waals surface area (Å²) in [5.74, 6) is 0. The fourth-order valence-electron chi connectivity index (χ4n) is 3.41. The smallest absolute Gasteiger partial charge is 0.194 e. The summed E-state index contributed by atoms with van der Waals surface area (Å²) >= 11 is 1.69. The molecule has 1 aliphatic heterocycles. The molecule has 1 N–H and O–H groups in total. The number of aromatic nitrogens is 5. The van der Waals surface area contributed by atoms with Crippen LogP contribution in [0.5, 0.6) is 0 Å². The zero-order chi connectivity index (χ0) is 16.5. The molecular formula is C16H22N6OS. The number of aliphatic hydroxyl groups excluding tert-OH is 1. The highest BCUT2D eigenvalue weighted by atomic mass is 32.1. The molecule has 4 rings (SSSR count). The molecule has 24 heavy (non-hydrogen) atoms. The van der Waals surface area contributed by atoms with Crippen molar-refractivity contribution in [2.45, 2.75) is 38.8 Å². The molecule has 0 radical (unpaired) electrons. The molecule has 1 saturated heterocycles. The van der Waals surface area contributed by atoms with E-state index in [1.54, 1.807) is 11.3 Å². The fourth-order valence-corrected chi connectivity index (χ4v) is 4.18. The van der Waals surface area contributed by atoms with E-state index in [1.165, 1.54) is 5.69 Å². The van der Waals surface area contributed by atoms with Crippen LogP contribution in [0.3, 0.4) is 0 Å². The average molecular weight is 346 g/mol. The number of fused-ring (bicyclic) bond motifs is 1. The van der Waals surface area contributed by atoms with Crippen molar-refractivity contribution in [1.82, 2.24) is 29.3 Å². The summed E-state index contributed by atoms with van der Waals surface area (Å²) in [6.45, 7) is 5.27. The molecule has 0 aromatic carbocycles. The van der Waals surface area contributed by atoms with Gasteiger partial charge in [-0.05, 0) is 19.8 Å². The summed E-state index contributed by atoms with van der Waals surface area (Å²) in [7, 11) is 0. The van der Waals surface area contributed by atoms with E-state index >= 15 is 0 Å². The number of nitrogens with zero attached hydrogens (tertiary/aromatic N) is 6. The lowest BCUT2D eigenvalue weighted by atomic mass is 10.0. The third-order valence-corrected chi connectivity index (χ3v) is 5.55. The van der Waals surface area contributed by atoms with Crippen molar-refractivity contribution in [3.8, 4) is 0 Å². The molecule has 0 aliphatic carbocycles. The second kappa shape index (κ2) is 6.62. The summed E-state index contributed by atoms with van der Waals surface area (Å²) in [6.07, 6.45) is 6.82. The van der Waals surface area contributed by atoms with E-state index in [2.05, 4.69) is 43.1 Å². The third-order valence-electron chi connectivity index (χ3n) is 4.79. The Bertz CT molecular complexity index is 814. The largest absolute Gasteiger partial charge is 0.396 e. The van der Waals surface area contributed by atoms with Gasteiger partial charge in [0.1, 0.15) is 0 Å². The average Bonchev–Trinajstić information content (AvgIpc) is 3.28. The lowest BCUT2D eigenvalue weighted by molar-refractivity contribution is 0.170. The molecule has 3 aromatic heterocycles. The van der Waals surface area contributed by atoms with Gasteiger partial charge >= 0.3 is 0 Å². The van der Waals surface area contributed by atoms with E-state index in [9.17, 15) is 0 Å². The predicted molar refractivity (Wildman–Crippen MR) is 92.2 cm³/mol. The molecule has 0 atom stereocenters. The first-order valence-corrected chi connectivity index (χ1v) is 9.27. The Balaban J connectivity index is 1.39. The van der Waals surface area contributed by atoms with Crippen molar-refractivity contribution in [2.24, 2.45) is 0 Å². The summed E-state index contributed by atoms with van der Waals surface area (Å²) in [6, 6.07) is 0.411. The molecule has 0 unspecified atom stereocenters. The topological polar surface area (TPSA) is 71.5 Å². The van der Waals surface area contributed by atoms with Crippen molar-refractivity contribution < 1.29 is 5.11 Å². The van der Waals surface area contributed by atoms with E-state index in [4.69, 9.17) is 5.11 Å². The van der Waals surface area contributed by atoms with Gasteiger partial charge in [-0.15, -0.1) is 16.4 Å². The van der Waals surface area contributed by atoms with Crippen molar-refractivity contribution in [1.29, 1.82) is 0 Å². The molecular weight excluding hydrogens is 324 g/mol. The number of hydrogen-bond acceptors (Lipinski definition) is 6. The highest BCUT2D eigenvalue weighted by Gasteiger charge is 2.23. The minimum absolute atomic E-state index is 0.124. The van der Waals surface area contributed by atoms with Crippen molar-refractivity contribution in [2.75, 3.05) is 19.7 Å². The predicted octanol–water partition coefficient (Wildman–Crippen LogP) is 1.67. The molecule has 0 spiro atoms. The van der Waals surface area contributed by atoms with Gasteiger partial charge < -0.3 is 5.11 Å². The van der Waals surface area contributed by atoms with Gasteiger partial charge in [-0.2, -0.15) is 0 Å². The molecule has 1 fully saturated rings. The van der Waals surface area contributed by atoms with Gasteiger partial charge in [-0.1, -0.05) is 5.21 Å². The number of likely N-dealkylation sites (tertiary alicyclic amines) is 1. The third kappa shape index (κ3) is 2.97. The summed E-state index contributed by atoms with van der Waals surface area (Å²) in [5, 5.41) is 19.4. The molecule has 0 bridgehead atoms. The van der Waals surface area contributed by atoms with Gasteiger partial charge in [0.15, 0.2) is 4.96 Å². The van der Waals surface area contributed by atoms with E-state index in [-0.39, 0.29) is 6.61 Å². The molecule has 8 heteroatoms. The summed E-state index contributed by atoms with van der Waals surface area (Å²) in [4.78, 5) is 8.21. The Morgan fingerprint density at radius 1 is 1.33 bits per heavy atom. The van der Waals surface area contributed by atoms with E-state index < -0.39 is 0 Å². The van der Waals surface area contributed by atoms with Crippen LogP contribution in [-0.2, 0) is 13.0 Å². The van der Waals surface area contributed by atoms with Crippen LogP contribution in [0.4, 0.5) is 0 Å².